The topological polar surface area (TPSA) is 49.7 Å². The monoisotopic (exact) mass is 314 g/mol. The maximum absolute atomic E-state index is 10.8. The van der Waals surface area contributed by atoms with E-state index in [1.807, 2.05) is 25.1 Å². The predicted octanol–water partition coefficient (Wildman–Crippen LogP) is 4.94. The number of aromatic hydroxyl groups is 2. The van der Waals surface area contributed by atoms with Crippen LogP contribution in [-0.2, 0) is 11.8 Å². The summed E-state index contributed by atoms with van der Waals surface area (Å²) < 4.78 is 5.25. The molecule has 0 heterocycles. The van der Waals surface area contributed by atoms with Gasteiger partial charge in [-0.25, -0.2) is 0 Å². The summed E-state index contributed by atoms with van der Waals surface area (Å²) >= 11 is 0. The van der Waals surface area contributed by atoms with E-state index in [2.05, 4.69) is 27.7 Å². The molecule has 0 atom stereocenters. The molecular weight excluding hydrogens is 288 g/mol. The van der Waals surface area contributed by atoms with Crippen molar-refractivity contribution in [1.82, 2.24) is 0 Å². The minimum absolute atomic E-state index is 0.0570. The van der Waals surface area contributed by atoms with Crippen LogP contribution in [0, 0.1) is 6.92 Å². The lowest BCUT2D eigenvalue weighted by atomic mass is 9.82. The molecule has 0 radical (unpaired) electrons. The van der Waals surface area contributed by atoms with Gasteiger partial charge in [-0.15, -0.1) is 0 Å². The Morgan fingerprint density at radius 1 is 0.957 bits per heavy atom. The molecule has 0 fully saturated rings. The van der Waals surface area contributed by atoms with Crippen LogP contribution in [0.4, 0.5) is 0 Å². The van der Waals surface area contributed by atoms with Crippen molar-refractivity contribution >= 4 is 0 Å². The fraction of sp³-hybridized carbons (Fsp3) is 0.400. The number of phenolic OH excluding ortho intramolecular Hbond substituents is 2. The molecule has 0 aliphatic rings. The molecule has 124 valence electrons. The molecule has 2 N–H and O–H groups in total. The Labute approximate surface area is 138 Å². The van der Waals surface area contributed by atoms with E-state index in [0.717, 1.165) is 23.1 Å². The zero-order valence-electron chi connectivity index (χ0n) is 14.8. The van der Waals surface area contributed by atoms with Crippen molar-refractivity contribution in [2.24, 2.45) is 0 Å². The highest BCUT2D eigenvalue weighted by Gasteiger charge is 2.23. The molecule has 23 heavy (non-hydrogen) atoms. The Kier molecular flexibility index (Phi) is 4.60. The molecule has 0 aromatic heterocycles. The third-order valence-electron chi connectivity index (χ3n) is 4.12. The highest BCUT2D eigenvalue weighted by Crippen LogP contribution is 2.45. The molecule has 0 spiro atoms. The first kappa shape index (κ1) is 17.2. The summed E-state index contributed by atoms with van der Waals surface area (Å²) in [6.45, 7) is 10.2. The van der Waals surface area contributed by atoms with Crippen molar-refractivity contribution in [2.45, 2.75) is 46.5 Å². The molecule has 0 aliphatic heterocycles. The Balaban J connectivity index is 2.81. The van der Waals surface area contributed by atoms with E-state index in [1.165, 1.54) is 7.11 Å². The number of benzene rings is 2. The van der Waals surface area contributed by atoms with Gasteiger partial charge in [0.2, 0.25) is 0 Å². The van der Waals surface area contributed by atoms with Gasteiger partial charge in [0.15, 0.2) is 11.5 Å². The Morgan fingerprint density at radius 2 is 1.57 bits per heavy atom. The standard InChI is InChI=1S/C20H26O3/c1-7-13-10-15(18(21)16(11-13)20(3,4)5)14-8-12(2)9-17(23-6)19(14)22/h8-11,21-22H,7H2,1-6H3. The predicted molar refractivity (Wildman–Crippen MR) is 94.6 cm³/mol. The first-order valence-corrected chi connectivity index (χ1v) is 7.93. The van der Waals surface area contributed by atoms with Crippen LogP contribution in [0.2, 0.25) is 0 Å². The first-order valence-electron chi connectivity index (χ1n) is 7.93. The summed E-state index contributed by atoms with van der Waals surface area (Å²) in [5.41, 5.74) is 4.03. The molecule has 3 heteroatoms. The maximum Gasteiger partial charge on any atom is 0.165 e. The van der Waals surface area contributed by atoms with E-state index in [1.54, 1.807) is 6.07 Å². The fourth-order valence-corrected chi connectivity index (χ4v) is 2.78. The molecule has 2 aromatic carbocycles. The molecule has 0 bridgehead atoms. The van der Waals surface area contributed by atoms with Gasteiger partial charge in [-0.05, 0) is 48.1 Å². The molecule has 0 saturated heterocycles. The normalized spacial score (nSPS) is 11.6. The highest BCUT2D eigenvalue weighted by atomic mass is 16.5. The van der Waals surface area contributed by atoms with Crippen LogP contribution in [0.3, 0.4) is 0 Å². The molecule has 0 amide bonds. The zero-order chi connectivity index (χ0) is 17.4. The van der Waals surface area contributed by atoms with Gasteiger partial charge in [0.25, 0.3) is 0 Å². The molecule has 0 saturated carbocycles. The summed E-state index contributed by atoms with van der Waals surface area (Å²) in [6.07, 6.45) is 0.861. The van der Waals surface area contributed by atoms with Gasteiger partial charge < -0.3 is 14.9 Å². The smallest absolute Gasteiger partial charge is 0.165 e. The van der Waals surface area contributed by atoms with Crippen molar-refractivity contribution in [3.8, 4) is 28.4 Å². The van der Waals surface area contributed by atoms with Gasteiger partial charge >= 0.3 is 0 Å². The van der Waals surface area contributed by atoms with E-state index >= 15 is 0 Å². The SMILES string of the molecule is CCc1cc(-c2cc(C)cc(OC)c2O)c(O)c(C(C)(C)C)c1. The highest BCUT2D eigenvalue weighted by molar-refractivity contribution is 5.80. The van der Waals surface area contributed by atoms with Crippen LogP contribution in [0.1, 0.15) is 44.4 Å². The van der Waals surface area contributed by atoms with Gasteiger partial charge in [0.1, 0.15) is 5.75 Å². The summed E-state index contributed by atoms with van der Waals surface area (Å²) in [4.78, 5) is 0. The molecule has 3 nitrogen and oxygen atoms in total. The second kappa shape index (κ2) is 6.15. The van der Waals surface area contributed by atoms with Gasteiger partial charge in [0, 0.05) is 16.7 Å². The van der Waals surface area contributed by atoms with Crippen molar-refractivity contribution in [3.05, 3.63) is 41.0 Å². The summed E-state index contributed by atoms with van der Waals surface area (Å²) in [6, 6.07) is 7.64. The summed E-state index contributed by atoms with van der Waals surface area (Å²) in [5.74, 6) is 0.692. The lowest BCUT2D eigenvalue weighted by Gasteiger charge is -2.24. The lowest BCUT2D eigenvalue weighted by Crippen LogP contribution is -2.12. The van der Waals surface area contributed by atoms with Crippen molar-refractivity contribution in [2.75, 3.05) is 7.11 Å². The minimum atomic E-state index is -0.187. The van der Waals surface area contributed by atoms with Crippen molar-refractivity contribution < 1.29 is 14.9 Å². The average molecular weight is 314 g/mol. The van der Waals surface area contributed by atoms with Gasteiger partial charge in [0.05, 0.1) is 7.11 Å². The minimum Gasteiger partial charge on any atom is -0.507 e. The Hall–Kier alpha value is -2.16. The maximum atomic E-state index is 10.8. The van der Waals surface area contributed by atoms with Crippen molar-refractivity contribution in [1.29, 1.82) is 0 Å². The molecule has 2 aromatic rings. The number of methoxy groups -OCH3 is 1. The Morgan fingerprint density at radius 3 is 2.09 bits per heavy atom. The van der Waals surface area contributed by atoms with E-state index in [4.69, 9.17) is 4.74 Å². The molecular formula is C20H26O3. The number of hydrogen-bond acceptors (Lipinski definition) is 3. The Bertz CT molecular complexity index is 725. The quantitative estimate of drug-likeness (QED) is 0.843. The number of ether oxygens (including phenoxy) is 1. The van der Waals surface area contributed by atoms with Crippen LogP contribution < -0.4 is 4.74 Å². The van der Waals surface area contributed by atoms with Crippen LogP contribution in [0.25, 0.3) is 11.1 Å². The third-order valence-corrected chi connectivity index (χ3v) is 4.12. The summed E-state index contributed by atoms with van der Waals surface area (Å²) in [7, 11) is 1.53. The lowest BCUT2D eigenvalue weighted by molar-refractivity contribution is 0.374. The van der Waals surface area contributed by atoms with Crippen LogP contribution in [-0.4, -0.2) is 17.3 Å². The molecule has 0 aliphatic carbocycles. The van der Waals surface area contributed by atoms with Crippen molar-refractivity contribution in [3.63, 3.8) is 0 Å². The zero-order valence-corrected chi connectivity index (χ0v) is 14.8. The third kappa shape index (κ3) is 3.29. The molecule has 2 rings (SSSR count). The second-order valence-electron chi connectivity index (χ2n) is 7.01. The van der Waals surface area contributed by atoms with E-state index < -0.39 is 0 Å². The second-order valence-corrected chi connectivity index (χ2v) is 7.01. The van der Waals surface area contributed by atoms with Gasteiger partial charge in [-0.1, -0.05) is 33.8 Å². The van der Waals surface area contributed by atoms with E-state index in [-0.39, 0.29) is 16.9 Å². The van der Waals surface area contributed by atoms with Gasteiger partial charge in [-0.2, -0.15) is 0 Å². The average Bonchev–Trinajstić information content (AvgIpc) is 2.48. The summed E-state index contributed by atoms with van der Waals surface area (Å²) in [5, 5.41) is 21.3. The number of aryl methyl sites for hydroxylation is 2. The van der Waals surface area contributed by atoms with E-state index in [0.29, 0.717) is 16.9 Å². The molecule has 0 unspecified atom stereocenters. The largest absolute Gasteiger partial charge is 0.507 e. The number of rotatable bonds is 3. The number of phenols is 2. The number of hydrogen-bond donors (Lipinski definition) is 2. The van der Waals surface area contributed by atoms with Crippen LogP contribution in [0.5, 0.6) is 17.2 Å². The van der Waals surface area contributed by atoms with E-state index in [9.17, 15) is 10.2 Å². The first-order chi connectivity index (χ1) is 10.7. The van der Waals surface area contributed by atoms with Gasteiger partial charge in [-0.3, -0.25) is 0 Å². The fourth-order valence-electron chi connectivity index (χ4n) is 2.78. The van der Waals surface area contributed by atoms with Crippen LogP contribution in [0.15, 0.2) is 24.3 Å². The van der Waals surface area contributed by atoms with Crippen LogP contribution >= 0.6 is 0 Å².